The lowest BCUT2D eigenvalue weighted by atomic mass is 9.86. The summed E-state index contributed by atoms with van der Waals surface area (Å²) in [5.74, 6) is 0.178. The number of rotatable bonds is 6. The monoisotopic (exact) mass is 492 g/mol. The molecule has 0 saturated carbocycles. The van der Waals surface area contributed by atoms with Crippen molar-refractivity contribution in [3.05, 3.63) is 39.3 Å². The van der Waals surface area contributed by atoms with Crippen molar-refractivity contribution in [3.63, 3.8) is 0 Å². The summed E-state index contributed by atoms with van der Waals surface area (Å²) in [7, 11) is 1.63. The van der Waals surface area contributed by atoms with Gasteiger partial charge in [-0.25, -0.2) is 9.78 Å². The van der Waals surface area contributed by atoms with Crippen LogP contribution in [-0.4, -0.2) is 48.1 Å². The molecule has 9 heteroatoms. The smallest absolute Gasteiger partial charge is 0.344 e. The maximum Gasteiger partial charge on any atom is 0.344 e. The Labute approximate surface area is 205 Å². The first-order valence-electron chi connectivity index (χ1n) is 11.3. The van der Waals surface area contributed by atoms with Crippen LogP contribution in [0.4, 0.5) is 0 Å². The van der Waals surface area contributed by atoms with E-state index in [0.29, 0.717) is 49.1 Å². The van der Waals surface area contributed by atoms with Gasteiger partial charge < -0.3 is 23.5 Å². The molecule has 0 N–H and O–H groups in total. The Morgan fingerprint density at radius 1 is 1.21 bits per heavy atom. The number of esters is 1. The van der Waals surface area contributed by atoms with E-state index in [1.165, 1.54) is 6.07 Å². The van der Waals surface area contributed by atoms with Crippen molar-refractivity contribution in [1.29, 1.82) is 0 Å². The predicted octanol–water partition coefficient (Wildman–Crippen LogP) is 4.91. The second-order valence-electron chi connectivity index (χ2n) is 10.4. The van der Waals surface area contributed by atoms with E-state index in [1.54, 1.807) is 40.1 Å². The minimum atomic E-state index is -0.727. The molecule has 1 atom stereocenters. The van der Waals surface area contributed by atoms with Gasteiger partial charge in [0.05, 0.1) is 18.3 Å². The maximum absolute atomic E-state index is 13.0. The number of pyridine rings is 2. The fraction of sp³-hybridized carbons (Fsp3) is 0.560. The molecule has 1 aliphatic rings. The topological polar surface area (TPSA) is 88.9 Å². The number of methoxy groups -OCH3 is 1. The van der Waals surface area contributed by atoms with E-state index in [0.717, 1.165) is 0 Å². The highest BCUT2D eigenvalue weighted by atomic mass is 35.5. The number of ether oxygens (including phenoxy) is 4. The lowest BCUT2D eigenvalue weighted by Crippen LogP contribution is -2.33. The fourth-order valence-corrected chi connectivity index (χ4v) is 3.83. The number of carbonyl (C=O) groups is 1. The van der Waals surface area contributed by atoms with Crippen molar-refractivity contribution in [2.24, 2.45) is 5.41 Å². The molecule has 0 aromatic carbocycles. The highest BCUT2D eigenvalue weighted by molar-refractivity contribution is 6.31. The number of halogens is 1. The number of fused-ring (bicyclic) bond motifs is 3. The Kier molecular flexibility index (Phi) is 7.62. The van der Waals surface area contributed by atoms with Crippen molar-refractivity contribution in [2.75, 3.05) is 26.9 Å². The van der Waals surface area contributed by atoms with Crippen LogP contribution in [0, 0.1) is 5.41 Å². The zero-order valence-corrected chi connectivity index (χ0v) is 21.6. The van der Waals surface area contributed by atoms with E-state index in [-0.39, 0.29) is 22.2 Å². The Hall–Kier alpha value is -2.58. The van der Waals surface area contributed by atoms with Crippen LogP contribution < -0.4 is 14.9 Å². The second-order valence-corrected chi connectivity index (χ2v) is 10.7. The van der Waals surface area contributed by atoms with Crippen LogP contribution in [0.25, 0.3) is 11.4 Å². The van der Waals surface area contributed by atoms with Gasteiger partial charge in [-0.1, -0.05) is 32.4 Å². The van der Waals surface area contributed by atoms with E-state index in [4.69, 9.17) is 30.5 Å². The van der Waals surface area contributed by atoms with E-state index in [1.807, 2.05) is 4.57 Å². The van der Waals surface area contributed by atoms with Crippen LogP contribution >= 0.6 is 11.6 Å². The zero-order valence-electron chi connectivity index (χ0n) is 20.9. The Balaban J connectivity index is 2.12. The first-order chi connectivity index (χ1) is 15.8. The van der Waals surface area contributed by atoms with Gasteiger partial charge >= 0.3 is 5.97 Å². The average Bonchev–Trinajstić information content (AvgIpc) is 2.85. The van der Waals surface area contributed by atoms with Gasteiger partial charge in [-0.05, 0) is 26.2 Å². The Morgan fingerprint density at radius 2 is 1.91 bits per heavy atom. The summed E-state index contributed by atoms with van der Waals surface area (Å²) in [6.45, 7) is 12.7. The van der Waals surface area contributed by atoms with Crippen molar-refractivity contribution < 1.29 is 23.7 Å². The SMILES string of the molecule is COCCCOc1cc2c(nc1Cl)-c1cc(=O)c(C(=O)OC(C)(C)C)cn1[C@H](C(C)(C)C)CO2. The molecule has 186 valence electrons. The number of hydrogen-bond acceptors (Lipinski definition) is 7. The summed E-state index contributed by atoms with van der Waals surface area (Å²) in [5, 5.41) is 0.157. The van der Waals surface area contributed by atoms with Gasteiger partial charge in [0.15, 0.2) is 22.1 Å². The molecule has 2 aromatic heterocycles. The van der Waals surface area contributed by atoms with Crippen LogP contribution in [0.15, 0.2) is 23.1 Å². The van der Waals surface area contributed by atoms with Crippen LogP contribution in [0.5, 0.6) is 11.5 Å². The zero-order chi connectivity index (χ0) is 25.3. The number of carbonyl (C=O) groups excluding carboxylic acids is 1. The molecular formula is C25H33ClN2O6. The molecule has 0 saturated heterocycles. The standard InChI is InChI=1S/C25H33ClN2O6/c1-24(2,3)20-14-33-18-12-19(32-10-8-9-31-7)22(26)27-21(18)16-11-17(29)15(13-28(16)20)23(30)34-25(4,5)6/h11-13,20H,8-10,14H2,1-7H3/t20-/m0/s1. The predicted molar refractivity (Wildman–Crippen MR) is 130 cm³/mol. The van der Waals surface area contributed by atoms with Crippen LogP contribution in [0.3, 0.4) is 0 Å². The normalized spacial score (nSPS) is 15.6. The third-order valence-electron chi connectivity index (χ3n) is 5.33. The highest BCUT2D eigenvalue weighted by Crippen LogP contribution is 2.42. The molecule has 3 heterocycles. The van der Waals surface area contributed by atoms with Gasteiger partial charge in [0.1, 0.15) is 23.5 Å². The number of nitrogens with zero attached hydrogens (tertiary/aromatic N) is 2. The molecule has 0 unspecified atom stereocenters. The molecule has 2 aromatic rings. The lowest BCUT2D eigenvalue weighted by molar-refractivity contribution is 0.00662. The van der Waals surface area contributed by atoms with Gasteiger partial charge in [0.2, 0.25) is 0 Å². The molecule has 0 bridgehead atoms. The summed E-state index contributed by atoms with van der Waals surface area (Å²) < 4.78 is 24.3. The summed E-state index contributed by atoms with van der Waals surface area (Å²) in [4.78, 5) is 30.3. The first kappa shape index (κ1) is 26.0. The van der Waals surface area contributed by atoms with Crippen molar-refractivity contribution in [3.8, 4) is 22.9 Å². The average molecular weight is 493 g/mol. The van der Waals surface area contributed by atoms with E-state index >= 15 is 0 Å². The number of hydrogen-bond donors (Lipinski definition) is 0. The van der Waals surface area contributed by atoms with Crippen LogP contribution in [0.2, 0.25) is 5.15 Å². The van der Waals surface area contributed by atoms with Gasteiger partial charge in [0.25, 0.3) is 0 Å². The van der Waals surface area contributed by atoms with Gasteiger partial charge in [0, 0.05) is 38.5 Å². The van der Waals surface area contributed by atoms with Gasteiger partial charge in [-0.3, -0.25) is 4.79 Å². The summed E-state index contributed by atoms with van der Waals surface area (Å²) in [6, 6.07) is 2.89. The third kappa shape index (κ3) is 5.91. The Bertz CT molecular complexity index is 1110. The molecule has 0 aliphatic carbocycles. The number of aromatic nitrogens is 2. The lowest BCUT2D eigenvalue weighted by Gasteiger charge is -2.32. The first-order valence-corrected chi connectivity index (χ1v) is 11.6. The third-order valence-corrected chi connectivity index (χ3v) is 5.60. The molecular weight excluding hydrogens is 460 g/mol. The van der Waals surface area contributed by atoms with E-state index in [9.17, 15) is 9.59 Å². The van der Waals surface area contributed by atoms with Crippen molar-refractivity contribution in [1.82, 2.24) is 9.55 Å². The van der Waals surface area contributed by atoms with Gasteiger partial charge in [-0.2, -0.15) is 0 Å². The minimum Gasteiger partial charge on any atom is -0.490 e. The van der Waals surface area contributed by atoms with Gasteiger partial charge in [-0.15, -0.1) is 0 Å². The molecule has 0 spiro atoms. The van der Waals surface area contributed by atoms with Crippen LogP contribution in [0.1, 0.15) is 64.4 Å². The molecule has 1 aliphatic heterocycles. The highest BCUT2D eigenvalue weighted by Gasteiger charge is 2.34. The molecule has 8 nitrogen and oxygen atoms in total. The van der Waals surface area contributed by atoms with Crippen molar-refractivity contribution in [2.45, 2.75) is 59.6 Å². The largest absolute Gasteiger partial charge is 0.490 e. The van der Waals surface area contributed by atoms with E-state index < -0.39 is 17.0 Å². The Morgan fingerprint density at radius 3 is 2.53 bits per heavy atom. The summed E-state index contributed by atoms with van der Waals surface area (Å²) in [6.07, 6.45) is 2.24. The minimum absolute atomic E-state index is 0.0411. The molecule has 0 radical (unpaired) electrons. The molecule has 3 rings (SSSR count). The molecule has 34 heavy (non-hydrogen) atoms. The van der Waals surface area contributed by atoms with Crippen molar-refractivity contribution >= 4 is 17.6 Å². The maximum atomic E-state index is 13.0. The summed E-state index contributed by atoms with van der Waals surface area (Å²) >= 11 is 6.43. The second kappa shape index (κ2) is 9.96. The molecule has 0 amide bonds. The fourth-order valence-electron chi connectivity index (χ4n) is 3.64. The van der Waals surface area contributed by atoms with Crippen LogP contribution in [-0.2, 0) is 9.47 Å². The quantitative estimate of drug-likeness (QED) is 0.321. The molecule has 0 fully saturated rings. The summed E-state index contributed by atoms with van der Waals surface area (Å²) in [5.41, 5.74) is -0.569. The van der Waals surface area contributed by atoms with E-state index in [2.05, 4.69) is 25.8 Å².